The van der Waals surface area contributed by atoms with Crippen molar-refractivity contribution in [2.24, 2.45) is 4.99 Å². The monoisotopic (exact) mass is 411 g/mol. The Labute approximate surface area is 148 Å². The van der Waals surface area contributed by atoms with Gasteiger partial charge in [-0.25, -0.2) is 0 Å². The molecule has 1 atom stereocenters. The summed E-state index contributed by atoms with van der Waals surface area (Å²) in [7, 11) is 4.40. The molecular weight excluding hydrogens is 377 g/mol. The minimum atomic E-state index is 0. The third-order valence-electron chi connectivity index (χ3n) is 3.86. The van der Waals surface area contributed by atoms with E-state index in [4.69, 9.17) is 4.99 Å². The summed E-state index contributed by atoms with van der Waals surface area (Å²) in [6.07, 6.45) is 3.75. The Morgan fingerprint density at radius 3 is 2.57 bits per heavy atom. The highest BCUT2D eigenvalue weighted by Crippen LogP contribution is 2.06. The largest absolute Gasteiger partial charge is 0.357 e. The van der Waals surface area contributed by atoms with Crippen LogP contribution in [0.25, 0.3) is 0 Å². The van der Waals surface area contributed by atoms with E-state index in [1.807, 2.05) is 0 Å². The molecule has 21 heavy (non-hydrogen) atoms. The zero-order valence-corrected chi connectivity index (χ0v) is 16.5. The first-order chi connectivity index (χ1) is 9.67. The molecule has 1 unspecified atom stereocenters. The van der Waals surface area contributed by atoms with Crippen molar-refractivity contribution in [1.29, 1.82) is 0 Å². The maximum Gasteiger partial charge on any atom is 0.191 e. The minimum absolute atomic E-state index is 0. The van der Waals surface area contributed by atoms with Gasteiger partial charge in [0, 0.05) is 38.8 Å². The second-order valence-electron chi connectivity index (χ2n) is 5.75. The molecule has 0 bridgehead atoms. The molecular formula is C15H34IN5. The van der Waals surface area contributed by atoms with Crippen molar-refractivity contribution in [3.05, 3.63) is 0 Å². The van der Waals surface area contributed by atoms with Gasteiger partial charge in [0.2, 0.25) is 0 Å². The predicted molar refractivity (Wildman–Crippen MR) is 103 cm³/mol. The van der Waals surface area contributed by atoms with E-state index in [0.717, 1.165) is 45.2 Å². The average Bonchev–Trinajstić information content (AvgIpc) is 2.44. The fraction of sp³-hybridized carbons (Fsp3) is 0.933. The van der Waals surface area contributed by atoms with Gasteiger partial charge in [-0.2, -0.15) is 0 Å². The highest BCUT2D eigenvalue weighted by molar-refractivity contribution is 14.0. The molecule has 0 saturated carbocycles. The zero-order chi connectivity index (χ0) is 14.8. The van der Waals surface area contributed by atoms with Gasteiger partial charge in [0.25, 0.3) is 0 Å². The van der Waals surface area contributed by atoms with E-state index in [1.54, 1.807) is 0 Å². The van der Waals surface area contributed by atoms with Gasteiger partial charge in [0.05, 0.1) is 6.54 Å². The summed E-state index contributed by atoms with van der Waals surface area (Å²) in [5.74, 6) is 0.963. The average molecular weight is 411 g/mol. The van der Waals surface area contributed by atoms with Crippen molar-refractivity contribution in [3.63, 3.8) is 0 Å². The van der Waals surface area contributed by atoms with E-state index < -0.39 is 0 Å². The van der Waals surface area contributed by atoms with Crippen molar-refractivity contribution >= 4 is 29.9 Å². The van der Waals surface area contributed by atoms with Crippen LogP contribution in [0.1, 0.15) is 33.1 Å². The summed E-state index contributed by atoms with van der Waals surface area (Å²) in [4.78, 5) is 9.56. The van der Waals surface area contributed by atoms with Crippen LogP contribution in [0.4, 0.5) is 0 Å². The SMILES string of the molecule is CCCCCNC(=NCC1CN(C)CCN1C)NCC.I. The van der Waals surface area contributed by atoms with E-state index in [2.05, 4.69) is 48.4 Å². The number of rotatable bonds is 7. The summed E-state index contributed by atoms with van der Waals surface area (Å²) in [6, 6.07) is 0.528. The summed E-state index contributed by atoms with van der Waals surface area (Å²) < 4.78 is 0. The fourth-order valence-corrected chi connectivity index (χ4v) is 2.42. The number of likely N-dealkylation sites (N-methyl/N-ethyl adjacent to an activating group) is 2. The molecule has 1 fully saturated rings. The van der Waals surface area contributed by atoms with Crippen LogP contribution in [-0.2, 0) is 0 Å². The van der Waals surface area contributed by atoms with E-state index in [1.165, 1.54) is 19.3 Å². The van der Waals surface area contributed by atoms with Gasteiger partial charge in [-0.1, -0.05) is 19.8 Å². The molecule has 0 amide bonds. The van der Waals surface area contributed by atoms with Gasteiger partial charge in [-0.3, -0.25) is 9.89 Å². The van der Waals surface area contributed by atoms with Crippen LogP contribution in [0, 0.1) is 0 Å². The molecule has 2 N–H and O–H groups in total. The van der Waals surface area contributed by atoms with Gasteiger partial charge in [-0.05, 0) is 27.4 Å². The second kappa shape index (κ2) is 12.5. The summed E-state index contributed by atoms with van der Waals surface area (Å²) in [5.41, 5.74) is 0. The quantitative estimate of drug-likeness (QED) is 0.289. The standard InChI is InChI=1S/C15H33N5.HI/c1-5-7-8-9-17-15(16-6-2)18-12-14-13-19(3)10-11-20(14)4;/h14H,5-13H2,1-4H3,(H2,16,17,18);1H. The number of halogens is 1. The maximum atomic E-state index is 4.75. The lowest BCUT2D eigenvalue weighted by Crippen LogP contribution is -2.51. The van der Waals surface area contributed by atoms with Gasteiger partial charge in [0.1, 0.15) is 0 Å². The van der Waals surface area contributed by atoms with Crippen LogP contribution in [0.15, 0.2) is 4.99 Å². The molecule has 6 heteroatoms. The molecule has 1 aliphatic rings. The van der Waals surface area contributed by atoms with Crippen molar-refractivity contribution < 1.29 is 0 Å². The summed E-state index contributed by atoms with van der Waals surface area (Å²) in [5, 5.41) is 6.76. The molecule has 0 aromatic carbocycles. The van der Waals surface area contributed by atoms with Crippen molar-refractivity contribution in [3.8, 4) is 0 Å². The molecule has 5 nitrogen and oxygen atoms in total. The van der Waals surface area contributed by atoms with Crippen LogP contribution in [0.2, 0.25) is 0 Å². The number of unbranched alkanes of at least 4 members (excludes halogenated alkanes) is 2. The van der Waals surface area contributed by atoms with Gasteiger partial charge < -0.3 is 15.5 Å². The number of nitrogens with zero attached hydrogens (tertiary/aromatic N) is 3. The normalized spacial score (nSPS) is 21.0. The molecule has 1 saturated heterocycles. The predicted octanol–water partition coefficient (Wildman–Crippen LogP) is 1.60. The van der Waals surface area contributed by atoms with Crippen molar-refractivity contribution in [2.45, 2.75) is 39.2 Å². The van der Waals surface area contributed by atoms with Crippen molar-refractivity contribution in [1.82, 2.24) is 20.4 Å². The van der Waals surface area contributed by atoms with Gasteiger partial charge in [0.15, 0.2) is 5.96 Å². The molecule has 0 aromatic heterocycles. The first-order valence-electron chi connectivity index (χ1n) is 8.08. The Balaban J connectivity index is 0.00000400. The third-order valence-corrected chi connectivity index (χ3v) is 3.86. The van der Waals surface area contributed by atoms with Crippen molar-refractivity contribution in [2.75, 3.05) is 53.4 Å². The van der Waals surface area contributed by atoms with Gasteiger partial charge in [-0.15, -0.1) is 24.0 Å². The lowest BCUT2D eigenvalue weighted by molar-refractivity contribution is 0.119. The first-order valence-corrected chi connectivity index (χ1v) is 8.08. The topological polar surface area (TPSA) is 42.9 Å². The lowest BCUT2D eigenvalue weighted by Gasteiger charge is -2.36. The van der Waals surface area contributed by atoms with E-state index in [9.17, 15) is 0 Å². The first kappa shape index (κ1) is 20.9. The fourth-order valence-electron chi connectivity index (χ4n) is 2.42. The number of aliphatic imine (C=N–C) groups is 1. The summed E-state index contributed by atoms with van der Waals surface area (Å²) in [6.45, 7) is 10.5. The summed E-state index contributed by atoms with van der Waals surface area (Å²) >= 11 is 0. The van der Waals surface area contributed by atoms with Crippen LogP contribution in [0.5, 0.6) is 0 Å². The number of hydrogen-bond donors (Lipinski definition) is 2. The molecule has 1 rings (SSSR count). The van der Waals surface area contributed by atoms with Gasteiger partial charge >= 0.3 is 0 Å². The molecule has 1 aliphatic heterocycles. The smallest absolute Gasteiger partial charge is 0.191 e. The number of guanidine groups is 1. The van der Waals surface area contributed by atoms with Crippen LogP contribution in [-0.4, -0.2) is 75.2 Å². The number of hydrogen-bond acceptors (Lipinski definition) is 3. The third kappa shape index (κ3) is 8.83. The minimum Gasteiger partial charge on any atom is -0.357 e. The Kier molecular flexibility index (Phi) is 12.4. The maximum absolute atomic E-state index is 4.75. The highest BCUT2D eigenvalue weighted by atomic mass is 127. The molecule has 0 spiro atoms. The Bertz CT molecular complexity index is 285. The van der Waals surface area contributed by atoms with Crippen LogP contribution in [0.3, 0.4) is 0 Å². The Hall–Kier alpha value is -0.0800. The van der Waals surface area contributed by atoms with Crippen LogP contribution >= 0.6 is 24.0 Å². The van der Waals surface area contributed by atoms with E-state index >= 15 is 0 Å². The zero-order valence-electron chi connectivity index (χ0n) is 14.2. The Morgan fingerprint density at radius 1 is 1.14 bits per heavy atom. The molecule has 0 aliphatic carbocycles. The van der Waals surface area contributed by atoms with Crippen LogP contribution < -0.4 is 10.6 Å². The lowest BCUT2D eigenvalue weighted by atomic mass is 10.2. The molecule has 1 heterocycles. The van der Waals surface area contributed by atoms with E-state index in [0.29, 0.717) is 6.04 Å². The second-order valence-corrected chi connectivity index (χ2v) is 5.75. The molecule has 0 aromatic rings. The molecule has 0 radical (unpaired) electrons. The molecule has 126 valence electrons. The number of nitrogens with one attached hydrogen (secondary N) is 2. The highest BCUT2D eigenvalue weighted by Gasteiger charge is 2.21. The van der Waals surface area contributed by atoms with E-state index in [-0.39, 0.29) is 24.0 Å². The Morgan fingerprint density at radius 2 is 1.90 bits per heavy atom. The number of piperazine rings is 1.